The third-order valence-electron chi connectivity index (χ3n) is 4.57. The standard InChI is InChI=1S/C20H29NO10/c1-7-28-16(26)20(21-13(4)23,17(27)29-8-2)10-9-19(11-12(3)22)14(24)30-18(5,6)31-15(19)25/h7-11H2,1-6H3,(H,21,23). The lowest BCUT2D eigenvalue weighted by Gasteiger charge is -2.41. The maximum absolute atomic E-state index is 12.8. The third kappa shape index (κ3) is 5.80. The summed E-state index contributed by atoms with van der Waals surface area (Å²) < 4.78 is 20.3. The summed E-state index contributed by atoms with van der Waals surface area (Å²) in [5.41, 5.74) is -4.45. The van der Waals surface area contributed by atoms with E-state index in [4.69, 9.17) is 18.9 Å². The number of hydrogen-bond donors (Lipinski definition) is 1. The topological polar surface area (TPSA) is 151 Å². The van der Waals surface area contributed by atoms with Crippen molar-refractivity contribution in [2.45, 2.75) is 72.1 Å². The fraction of sp³-hybridized carbons (Fsp3) is 0.700. The highest BCUT2D eigenvalue weighted by Crippen LogP contribution is 2.41. The van der Waals surface area contributed by atoms with Crippen molar-refractivity contribution in [2.75, 3.05) is 13.2 Å². The molecule has 11 heteroatoms. The second-order valence-electron chi connectivity index (χ2n) is 7.67. The van der Waals surface area contributed by atoms with E-state index in [1.54, 1.807) is 0 Å². The zero-order chi connectivity index (χ0) is 24.0. The average molecular weight is 443 g/mol. The summed E-state index contributed by atoms with van der Waals surface area (Å²) in [5, 5.41) is 2.24. The van der Waals surface area contributed by atoms with Gasteiger partial charge in [-0.1, -0.05) is 0 Å². The summed E-state index contributed by atoms with van der Waals surface area (Å²) in [6.07, 6.45) is -1.69. The van der Waals surface area contributed by atoms with E-state index in [0.717, 1.165) is 6.92 Å². The van der Waals surface area contributed by atoms with Crippen LogP contribution in [0.4, 0.5) is 0 Å². The molecule has 0 bridgehead atoms. The lowest BCUT2D eigenvalue weighted by Crippen LogP contribution is -2.62. The Morgan fingerprint density at radius 2 is 1.39 bits per heavy atom. The molecule has 1 aliphatic heterocycles. The average Bonchev–Trinajstić information content (AvgIpc) is 2.61. The van der Waals surface area contributed by atoms with Crippen LogP contribution >= 0.6 is 0 Å². The van der Waals surface area contributed by atoms with Crippen LogP contribution in [0.15, 0.2) is 0 Å². The van der Waals surface area contributed by atoms with E-state index >= 15 is 0 Å². The Morgan fingerprint density at radius 3 is 1.74 bits per heavy atom. The number of nitrogens with one attached hydrogen (secondary N) is 1. The van der Waals surface area contributed by atoms with Crippen LogP contribution in [0.1, 0.15) is 60.8 Å². The monoisotopic (exact) mass is 443 g/mol. The van der Waals surface area contributed by atoms with Gasteiger partial charge in [0.25, 0.3) is 5.79 Å². The highest BCUT2D eigenvalue weighted by atomic mass is 16.7. The van der Waals surface area contributed by atoms with E-state index in [1.165, 1.54) is 34.6 Å². The van der Waals surface area contributed by atoms with E-state index in [-0.39, 0.29) is 13.2 Å². The van der Waals surface area contributed by atoms with Crippen LogP contribution < -0.4 is 5.32 Å². The second kappa shape index (κ2) is 9.88. The molecular formula is C20H29NO10. The molecule has 0 aromatic heterocycles. The van der Waals surface area contributed by atoms with Crippen LogP contribution in [0, 0.1) is 5.41 Å². The molecule has 0 saturated carbocycles. The minimum Gasteiger partial charge on any atom is -0.464 e. The summed E-state index contributed by atoms with van der Waals surface area (Å²) in [4.78, 5) is 74.8. The van der Waals surface area contributed by atoms with E-state index in [0.29, 0.717) is 0 Å². The van der Waals surface area contributed by atoms with Gasteiger partial charge in [-0.3, -0.25) is 19.2 Å². The lowest BCUT2D eigenvalue weighted by atomic mass is 9.74. The molecule has 0 aromatic carbocycles. The van der Waals surface area contributed by atoms with Gasteiger partial charge in [0.15, 0.2) is 5.41 Å². The highest BCUT2D eigenvalue weighted by Gasteiger charge is 2.59. The first-order valence-electron chi connectivity index (χ1n) is 9.86. The zero-order valence-electron chi connectivity index (χ0n) is 18.6. The molecule has 0 aromatic rings. The van der Waals surface area contributed by atoms with Gasteiger partial charge in [-0.2, -0.15) is 0 Å². The number of rotatable bonds is 10. The number of hydrogen-bond acceptors (Lipinski definition) is 10. The van der Waals surface area contributed by atoms with Gasteiger partial charge in [0.1, 0.15) is 5.78 Å². The van der Waals surface area contributed by atoms with Crippen LogP contribution in [0.5, 0.6) is 0 Å². The highest BCUT2D eigenvalue weighted by molar-refractivity contribution is 6.08. The first-order valence-corrected chi connectivity index (χ1v) is 9.86. The van der Waals surface area contributed by atoms with Crippen molar-refractivity contribution in [1.29, 1.82) is 0 Å². The Balaban J connectivity index is 3.47. The number of Topliss-reactive ketones (excluding diaryl/α,β-unsaturated/α-hetero) is 1. The van der Waals surface area contributed by atoms with Crippen LogP contribution in [0.3, 0.4) is 0 Å². The summed E-state index contributed by atoms with van der Waals surface area (Å²) in [6.45, 7) is 7.70. The number of amides is 1. The number of ether oxygens (including phenoxy) is 4. The minimum atomic E-state index is -2.34. The number of carbonyl (C=O) groups is 6. The predicted octanol–water partition coefficient (Wildman–Crippen LogP) is 0.569. The molecular weight excluding hydrogens is 414 g/mol. The van der Waals surface area contributed by atoms with E-state index < -0.39 is 71.6 Å². The first kappa shape index (κ1) is 26.1. The Kier molecular flexibility index (Phi) is 8.31. The summed E-state index contributed by atoms with van der Waals surface area (Å²) in [7, 11) is 0. The molecule has 1 heterocycles. The summed E-state index contributed by atoms with van der Waals surface area (Å²) in [5.74, 6) is -7.14. The Hall–Kier alpha value is -2.98. The molecule has 0 unspecified atom stereocenters. The Morgan fingerprint density at radius 1 is 0.935 bits per heavy atom. The fourth-order valence-electron chi connectivity index (χ4n) is 3.27. The Labute approximate surface area is 180 Å². The minimum absolute atomic E-state index is 0.115. The van der Waals surface area contributed by atoms with Crippen molar-refractivity contribution in [1.82, 2.24) is 5.32 Å². The number of cyclic esters (lactones) is 2. The number of esters is 4. The molecule has 174 valence electrons. The number of carbonyl (C=O) groups excluding carboxylic acids is 6. The SMILES string of the molecule is CCOC(=O)C(CCC1(CC(C)=O)C(=O)OC(C)(C)OC1=O)(NC(C)=O)C(=O)OCC. The maximum atomic E-state index is 12.8. The zero-order valence-corrected chi connectivity index (χ0v) is 18.6. The van der Waals surface area contributed by atoms with Gasteiger partial charge in [-0.15, -0.1) is 0 Å². The summed E-state index contributed by atoms with van der Waals surface area (Å²) >= 11 is 0. The van der Waals surface area contributed by atoms with Gasteiger partial charge >= 0.3 is 23.9 Å². The van der Waals surface area contributed by atoms with Crippen molar-refractivity contribution in [2.24, 2.45) is 5.41 Å². The van der Waals surface area contributed by atoms with Gasteiger partial charge < -0.3 is 24.3 Å². The van der Waals surface area contributed by atoms with Crippen LogP contribution in [0.2, 0.25) is 0 Å². The number of ketones is 1. The maximum Gasteiger partial charge on any atom is 0.343 e. The molecule has 0 atom stereocenters. The normalized spacial score (nSPS) is 17.1. The predicted molar refractivity (Wildman–Crippen MR) is 103 cm³/mol. The molecule has 1 rings (SSSR count). The van der Waals surface area contributed by atoms with E-state index in [2.05, 4.69) is 5.32 Å². The molecule has 31 heavy (non-hydrogen) atoms. The van der Waals surface area contributed by atoms with Gasteiger partial charge in [-0.25, -0.2) is 9.59 Å². The molecule has 0 radical (unpaired) electrons. The van der Waals surface area contributed by atoms with Crippen molar-refractivity contribution in [3.63, 3.8) is 0 Å². The largest absolute Gasteiger partial charge is 0.464 e. The quantitative estimate of drug-likeness (QED) is 0.288. The smallest absolute Gasteiger partial charge is 0.343 e. The van der Waals surface area contributed by atoms with E-state index in [1.807, 2.05) is 0 Å². The third-order valence-corrected chi connectivity index (χ3v) is 4.57. The molecule has 1 saturated heterocycles. The second-order valence-corrected chi connectivity index (χ2v) is 7.67. The molecule has 1 aliphatic rings. The van der Waals surface area contributed by atoms with Crippen molar-refractivity contribution >= 4 is 35.6 Å². The molecule has 1 amide bonds. The lowest BCUT2D eigenvalue weighted by molar-refractivity contribution is -0.252. The molecule has 0 aliphatic carbocycles. The Bertz CT molecular complexity index is 732. The van der Waals surface area contributed by atoms with Crippen LogP contribution in [-0.4, -0.2) is 60.1 Å². The van der Waals surface area contributed by atoms with Crippen molar-refractivity contribution in [3.05, 3.63) is 0 Å². The van der Waals surface area contributed by atoms with Crippen LogP contribution in [0.25, 0.3) is 0 Å². The van der Waals surface area contributed by atoms with Crippen molar-refractivity contribution in [3.8, 4) is 0 Å². The fourth-order valence-corrected chi connectivity index (χ4v) is 3.27. The summed E-state index contributed by atoms with van der Waals surface area (Å²) in [6, 6.07) is 0. The molecule has 1 fully saturated rings. The van der Waals surface area contributed by atoms with Crippen LogP contribution in [-0.2, 0) is 47.7 Å². The van der Waals surface area contributed by atoms with Gasteiger partial charge in [0, 0.05) is 27.2 Å². The van der Waals surface area contributed by atoms with Crippen molar-refractivity contribution < 1.29 is 47.7 Å². The van der Waals surface area contributed by atoms with E-state index in [9.17, 15) is 28.8 Å². The van der Waals surface area contributed by atoms with Gasteiger partial charge in [-0.05, 0) is 33.6 Å². The van der Waals surface area contributed by atoms with Gasteiger partial charge in [0.2, 0.25) is 11.4 Å². The van der Waals surface area contributed by atoms with Gasteiger partial charge in [0.05, 0.1) is 13.2 Å². The first-order chi connectivity index (χ1) is 14.3. The molecule has 0 spiro atoms. The molecule has 11 nitrogen and oxygen atoms in total. The molecule has 1 N–H and O–H groups in total.